The predicted octanol–water partition coefficient (Wildman–Crippen LogP) is -0.0866. The fourth-order valence-corrected chi connectivity index (χ4v) is 2.02. The van der Waals surface area contributed by atoms with Gasteiger partial charge in [-0.25, -0.2) is 0 Å². The molecule has 2 fully saturated rings. The van der Waals surface area contributed by atoms with E-state index in [1.807, 2.05) is 0 Å². The summed E-state index contributed by atoms with van der Waals surface area (Å²) in [4.78, 5) is 23.0. The van der Waals surface area contributed by atoms with Gasteiger partial charge in [-0.15, -0.1) is 0 Å². The van der Waals surface area contributed by atoms with Gasteiger partial charge >= 0.3 is 0 Å². The second kappa shape index (κ2) is 6.00. The van der Waals surface area contributed by atoms with Gasteiger partial charge in [-0.1, -0.05) is 0 Å². The summed E-state index contributed by atoms with van der Waals surface area (Å²) < 4.78 is 0. The number of amides is 2. The van der Waals surface area contributed by atoms with Crippen LogP contribution in [0.2, 0.25) is 0 Å². The molecule has 0 aromatic heterocycles. The molecule has 0 radical (unpaired) electrons. The van der Waals surface area contributed by atoms with Crippen LogP contribution in [0.15, 0.2) is 0 Å². The molecule has 5 heteroatoms. The van der Waals surface area contributed by atoms with E-state index >= 15 is 0 Å². The fraction of sp³-hybridized carbons (Fsp3) is 0.833. The minimum Gasteiger partial charge on any atom is -0.355 e. The van der Waals surface area contributed by atoms with E-state index in [0.717, 1.165) is 38.6 Å². The van der Waals surface area contributed by atoms with Crippen molar-refractivity contribution in [2.45, 2.75) is 50.6 Å². The highest BCUT2D eigenvalue weighted by atomic mass is 16.2. The molecule has 0 spiro atoms. The lowest BCUT2D eigenvalue weighted by Gasteiger charge is -2.10. The predicted molar refractivity (Wildman–Crippen MR) is 64.4 cm³/mol. The minimum absolute atomic E-state index is 0.0182. The monoisotopic (exact) mass is 239 g/mol. The Morgan fingerprint density at radius 1 is 1.24 bits per heavy atom. The van der Waals surface area contributed by atoms with Gasteiger partial charge in [0.25, 0.3) is 0 Å². The molecular formula is C12H21N3O2. The molecule has 2 amide bonds. The van der Waals surface area contributed by atoms with Crippen LogP contribution in [-0.2, 0) is 9.59 Å². The van der Waals surface area contributed by atoms with Crippen molar-refractivity contribution in [2.75, 3.05) is 13.1 Å². The second-order valence-corrected chi connectivity index (χ2v) is 4.89. The summed E-state index contributed by atoms with van der Waals surface area (Å²) in [5.74, 6) is 0.186. The largest absolute Gasteiger partial charge is 0.355 e. The molecule has 0 bridgehead atoms. The average Bonchev–Trinajstić information content (AvgIpc) is 2.96. The molecule has 2 aliphatic rings. The van der Waals surface area contributed by atoms with Gasteiger partial charge in [0.1, 0.15) is 0 Å². The number of carbonyl (C=O) groups is 2. The average molecular weight is 239 g/mol. The molecule has 1 saturated heterocycles. The maximum absolute atomic E-state index is 11.6. The Labute approximate surface area is 102 Å². The lowest BCUT2D eigenvalue weighted by Crippen LogP contribution is -2.40. The smallest absolute Gasteiger partial charge is 0.237 e. The lowest BCUT2D eigenvalue weighted by atomic mass is 10.2. The summed E-state index contributed by atoms with van der Waals surface area (Å²) in [6.07, 6.45) is 5.47. The molecule has 1 saturated carbocycles. The number of carbonyl (C=O) groups excluding carboxylic acids is 2. The second-order valence-electron chi connectivity index (χ2n) is 4.89. The SMILES string of the molecule is O=C(CCCNC(=O)[C@H]1CCCN1)NC1CC1. The van der Waals surface area contributed by atoms with E-state index < -0.39 is 0 Å². The van der Waals surface area contributed by atoms with E-state index in [1.54, 1.807) is 0 Å². The third kappa shape index (κ3) is 4.34. The van der Waals surface area contributed by atoms with Gasteiger partial charge in [-0.05, 0) is 38.6 Å². The third-order valence-electron chi connectivity index (χ3n) is 3.20. The van der Waals surface area contributed by atoms with E-state index in [2.05, 4.69) is 16.0 Å². The van der Waals surface area contributed by atoms with E-state index in [-0.39, 0.29) is 17.9 Å². The summed E-state index contributed by atoms with van der Waals surface area (Å²) in [5.41, 5.74) is 0. The zero-order valence-electron chi connectivity index (χ0n) is 10.1. The Morgan fingerprint density at radius 2 is 2.06 bits per heavy atom. The standard InChI is InChI=1S/C12H21N3O2/c16-11(15-9-5-6-9)4-2-8-14-12(17)10-3-1-7-13-10/h9-10,13H,1-8H2,(H,14,17)(H,15,16)/t10-/m1/s1. The molecule has 3 N–H and O–H groups in total. The lowest BCUT2D eigenvalue weighted by molar-refractivity contribution is -0.124. The molecule has 2 rings (SSSR count). The first-order valence-corrected chi connectivity index (χ1v) is 6.56. The topological polar surface area (TPSA) is 70.2 Å². The highest BCUT2D eigenvalue weighted by molar-refractivity contribution is 5.82. The molecule has 1 aliphatic carbocycles. The van der Waals surface area contributed by atoms with Crippen molar-refractivity contribution in [1.82, 2.24) is 16.0 Å². The number of hydrogen-bond acceptors (Lipinski definition) is 3. The van der Waals surface area contributed by atoms with Crippen molar-refractivity contribution in [2.24, 2.45) is 0 Å². The van der Waals surface area contributed by atoms with E-state index in [4.69, 9.17) is 0 Å². The zero-order valence-corrected chi connectivity index (χ0v) is 10.1. The van der Waals surface area contributed by atoms with Gasteiger partial charge in [-0.3, -0.25) is 9.59 Å². The maximum Gasteiger partial charge on any atom is 0.237 e. The Hall–Kier alpha value is -1.10. The molecule has 0 unspecified atom stereocenters. The summed E-state index contributed by atoms with van der Waals surface area (Å²) in [6.45, 7) is 1.52. The van der Waals surface area contributed by atoms with Crippen molar-refractivity contribution in [3.05, 3.63) is 0 Å². The summed E-state index contributed by atoms with van der Waals surface area (Å²) in [5, 5.41) is 8.95. The van der Waals surface area contributed by atoms with E-state index in [0.29, 0.717) is 19.0 Å². The first kappa shape index (κ1) is 12.4. The number of hydrogen-bond donors (Lipinski definition) is 3. The van der Waals surface area contributed by atoms with Crippen LogP contribution in [0, 0.1) is 0 Å². The molecule has 1 aliphatic heterocycles. The van der Waals surface area contributed by atoms with Crippen molar-refractivity contribution >= 4 is 11.8 Å². The summed E-state index contributed by atoms with van der Waals surface area (Å²) in [7, 11) is 0. The molecule has 1 heterocycles. The van der Waals surface area contributed by atoms with Crippen LogP contribution in [0.1, 0.15) is 38.5 Å². The Morgan fingerprint density at radius 3 is 2.71 bits per heavy atom. The molecule has 5 nitrogen and oxygen atoms in total. The Balaban J connectivity index is 1.49. The molecule has 0 aromatic carbocycles. The van der Waals surface area contributed by atoms with Crippen molar-refractivity contribution in [1.29, 1.82) is 0 Å². The third-order valence-corrected chi connectivity index (χ3v) is 3.20. The van der Waals surface area contributed by atoms with Gasteiger partial charge in [-0.2, -0.15) is 0 Å². The summed E-state index contributed by atoms with van der Waals surface area (Å²) in [6, 6.07) is 0.412. The van der Waals surface area contributed by atoms with E-state index in [1.165, 1.54) is 0 Å². The van der Waals surface area contributed by atoms with Gasteiger partial charge in [0, 0.05) is 19.0 Å². The molecule has 96 valence electrons. The van der Waals surface area contributed by atoms with Crippen LogP contribution < -0.4 is 16.0 Å². The molecule has 17 heavy (non-hydrogen) atoms. The van der Waals surface area contributed by atoms with Crippen LogP contribution >= 0.6 is 0 Å². The van der Waals surface area contributed by atoms with Crippen LogP contribution in [0.4, 0.5) is 0 Å². The molecular weight excluding hydrogens is 218 g/mol. The van der Waals surface area contributed by atoms with Crippen LogP contribution in [0.3, 0.4) is 0 Å². The van der Waals surface area contributed by atoms with Crippen molar-refractivity contribution in [3.63, 3.8) is 0 Å². The van der Waals surface area contributed by atoms with Gasteiger partial charge in [0.15, 0.2) is 0 Å². The Bertz CT molecular complexity index is 283. The summed E-state index contributed by atoms with van der Waals surface area (Å²) >= 11 is 0. The molecule has 1 atom stereocenters. The fourth-order valence-electron chi connectivity index (χ4n) is 2.02. The van der Waals surface area contributed by atoms with E-state index in [9.17, 15) is 9.59 Å². The number of rotatable bonds is 6. The van der Waals surface area contributed by atoms with Gasteiger partial charge in [0.05, 0.1) is 6.04 Å². The highest BCUT2D eigenvalue weighted by Crippen LogP contribution is 2.18. The number of nitrogens with one attached hydrogen (secondary N) is 3. The normalized spacial score (nSPS) is 23.4. The van der Waals surface area contributed by atoms with Crippen LogP contribution in [-0.4, -0.2) is 37.0 Å². The van der Waals surface area contributed by atoms with Gasteiger partial charge < -0.3 is 16.0 Å². The highest BCUT2D eigenvalue weighted by Gasteiger charge is 2.23. The molecule has 0 aromatic rings. The first-order valence-electron chi connectivity index (χ1n) is 6.56. The quantitative estimate of drug-likeness (QED) is 0.568. The van der Waals surface area contributed by atoms with Crippen molar-refractivity contribution in [3.8, 4) is 0 Å². The van der Waals surface area contributed by atoms with Crippen LogP contribution in [0.25, 0.3) is 0 Å². The first-order chi connectivity index (χ1) is 8.25. The van der Waals surface area contributed by atoms with Crippen molar-refractivity contribution < 1.29 is 9.59 Å². The minimum atomic E-state index is -0.0182. The van der Waals surface area contributed by atoms with Crippen LogP contribution in [0.5, 0.6) is 0 Å². The Kier molecular flexibility index (Phi) is 4.36. The van der Waals surface area contributed by atoms with Gasteiger partial charge in [0.2, 0.25) is 11.8 Å². The maximum atomic E-state index is 11.6. The zero-order chi connectivity index (χ0) is 12.1.